The molecule has 0 atom stereocenters. The van der Waals surface area contributed by atoms with E-state index in [1.165, 1.54) is 0 Å². The number of fused-ring (bicyclic) bond motifs is 2. The van der Waals surface area contributed by atoms with Gasteiger partial charge in [0.25, 0.3) is 5.91 Å². The molecule has 0 radical (unpaired) electrons. The van der Waals surface area contributed by atoms with Crippen LogP contribution in [0.1, 0.15) is 30.3 Å². The zero-order valence-electron chi connectivity index (χ0n) is 17.5. The van der Waals surface area contributed by atoms with Crippen LogP contribution in [0.3, 0.4) is 0 Å². The first kappa shape index (κ1) is 19.5. The van der Waals surface area contributed by atoms with E-state index >= 15 is 0 Å². The molecule has 0 bridgehead atoms. The number of hydrogen-bond acceptors (Lipinski definition) is 4. The van der Waals surface area contributed by atoms with Crippen LogP contribution in [0.5, 0.6) is 11.5 Å². The number of aryl methyl sites for hydroxylation is 1. The molecule has 31 heavy (non-hydrogen) atoms. The molecule has 160 valence electrons. The summed E-state index contributed by atoms with van der Waals surface area (Å²) in [5, 5.41) is 4.05. The maximum Gasteiger partial charge on any atom is 0.270 e. The fraction of sp³-hybridized carbons (Fsp3) is 0.333. The Hall–Kier alpha value is -3.48. The van der Waals surface area contributed by atoms with Crippen LogP contribution < -0.4 is 14.8 Å². The summed E-state index contributed by atoms with van der Waals surface area (Å²) < 4.78 is 12.7. The number of benzene rings is 2. The molecule has 2 aliphatic rings. The van der Waals surface area contributed by atoms with E-state index < -0.39 is 0 Å². The summed E-state index contributed by atoms with van der Waals surface area (Å²) in [6.45, 7) is 4.14. The van der Waals surface area contributed by atoms with Crippen molar-refractivity contribution in [3.63, 3.8) is 0 Å². The highest BCUT2D eigenvalue weighted by Crippen LogP contribution is 2.34. The second kappa shape index (κ2) is 7.98. The van der Waals surface area contributed by atoms with Gasteiger partial charge in [-0.3, -0.25) is 9.59 Å². The number of carbonyl (C=O) groups is 2. The maximum absolute atomic E-state index is 13.2. The van der Waals surface area contributed by atoms with Crippen molar-refractivity contribution >= 4 is 28.4 Å². The lowest BCUT2D eigenvalue weighted by Crippen LogP contribution is -2.42. The van der Waals surface area contributed by atoms with Gasteiger partial charge in [0.2, 0.25) is 12.7 Å². The number of hydrogen-bond donors (Lipinski definition) is 1. The van der Waals surface area contributed by atoms with E-state index in [9.17, 15) is 9.59 Å². The van der Waals surface area contributed by atoms with Crippen LogP contribution >= 0.6 is 0 Å². The van der Waals surface area contributed by atoms with Crippen molar-refractivity contribution in [2.24, 2.45) is 5.92 Å². The predicted octanol–water partition coefficient (Wildman–Crippen LogP) is 3.88. The fourth-order valence-corrected chi connectivity index (χ4v) is 4.45. The third kappa shape index (κ3) is 3.60. The van der Waals surface area contributed by atoms with Crippen molar-refractivity contribution < 1.29 is 19.1 Å². The van der Waals surface area contributed by atoms with Crippen molar-refractivity contribution in [2.45, 2.75) is 26.3 Å². The first-order chi connectivity index (χ1) is 15.1. The van der Waals surface area contributed by atoms with Crippen LogP contribution in [0.15, 0.2) is 48.5 Å². The zero-order chi connectivity index (χ0) is 21.4. The number of ether oxygens (including phenoxy) is 2. The molecule has 0 saturated carbocycles. The van der Waals surface area contributed by atoms with Crippen LogP contribution in [-0.2, 0) is 11.3 Å². The number of nitrogens with one attached hydrogen (secondary N) is 1. The van der Waals surface area contributed by atoms with Crippen molar-refractivity contribution in [1.82, 2.24) is 9.47 Å². The molecule has 5 rings (SSSR count). The van der Waals surface area contributed by atoms with Gasteiger partial charge < -0.3 is 24.3 Å². The molecule has 7 heteroatoms. The van der Waals surface area contributed by atoms with Crippen LogP contribution in [0, 0.1) is 5.92 Å². The number of para-hydroxylation sites is 1. The van der Waals surface area contributed by atoms with Crippen molar-refractivity contribution in [3.8, 4) is 11.5 Å². The smallest absolute Gasteiger partial charge is 0.270 e. The summed E-state index contributed by atoms with van der Waals surface area (Å²) in [5.74, 6) is 1.23. The molecule has 2 aromatic carbocycles. The van der Waals surface area contributed by atoms with E-state index in [1.807, 2.05) is 41.3 Å². The molecule has 2 amide bonds. The van der Waals surface area contributed by atoms with Gasteiger partial charge in [-0.25, -0.2) is 0 Å². The largest absolute Gasteiger partial charge is 0.454 e. The van der Waals surface area contributed by atoms with Gasteiger partial charge in [0, 0.05) is 48.2 Å². The van der Waals surface area contributed by atoms with Gasteiger partial charge in [0.15, 0.2) is 11.5 Å². The van der Waals surface area contributed by atoms with Crippen LogP contribution in [0.25, 0.3) is 10.9 Å². The first-order valence-electron chi connectivity index (χ1n) is 10.7. The Morgan fingerprint density at radius 2 is 1.81 bits per heavy atom. The summed E-state index contributed by atoms with van der Waals surface area (Å²) >= 11 is 0. The number of carbonyl (C=O) groups excluding carboxylic acids is 2. The highest BCUT2D eigenvalue weighted by Gasteiger charge is 2.29. The van der Waals surface area contributed by atoms with E-state index in [4.69, 9.17) is 9.47 Å². The molecular weight excluding hydrogens is 394 g/mol. The first-order valence-corrected chi connectivity index (χ1v) is 10.7. The van der Waals surface area contributed by atoms with Crippen molar-refractivity contribution in [1.29, 1.82) is 0 Å². The lowest BCUT2D eigenvalue weighted by atomic mass is 9.95. The summed E-state index contributed by atoms with van der Waals surface area (Å²) in [4.78, 5) is 27.8. The lowest BCUT2D eigenvalue weighted by Gasteiger charge is -2.31. The maximum atomic E-state index is 13.2. The molecule has 1 aromatic heterocycles. The van der Waals surface area contributed by atoms with E-state index in [1.54, 1.807) is 12.1 Å². The van der Waals surface area contributed by atoms with E-state index in [0.717, 1.165) is 17.4 Å². The Labute approximate surface area is 180 Å². The zero-order valence-corrected chi connectivity index (χ0v) is 17.5. The molecule has 7 nitrogen and oxygen atoms in total. The molecule has 3 heterocycles. The second-order valence-corrected chi connectivity index (χ2v) is 7.96. The number of piperidine rings is 1. The summed E-state index contributed by atoms with van der Waals surface area (Å²) in [6.07, 6.45) is 1.29. The van der Waals surface area contributed by atoms with Crippen LogP contribution in [-0.4, -0.2) is 41.2 Å². The molecular formula is C24H25N3O4. The molecule has 0 aliphatic carbocycles. The normalized spacial score (nSPS) is 16.0. The number of anilines is 1. The number of aromatic nitrogens is 1. The van der Waals surface area contributed by atoms with Crippen molar-refractivity contribution in [2.75, 3.05) is 25.2 Å². The highest BCUT2D eigenvalue weighted by molar-refractivity contribution is 5.99. The fourth-order valence-electron chi connectivity index (χ4n) is 4.45. The minimum Gasteiger partial charge on any atom is -0.454 e. The van der Waals surface area contributed by atoms with Gasteiger partial charge in [0.05, 0.1) is 0 Å². The molecule has 1 N–H and O–H groups in total. The summed E-state index contributed by atoms with van der Waals surface area (Å²) in [5.41, 5.74) is 2.48. The Bertz CT molecular complexity index is 1140. The summed E-state index contributed by atoms with van der Waals surface area (Å²) in [7, 11) is 0. The van der Waals surface area contributed by atoms with Crippen LogP contribution in [0.2, 0.25) is 0 Å². The molecule has 1 saturated heterocycles. The van der Waals surface area contributed by atoms with E-state index in [2.05, 4.69) is 16.8 Å². The van der Waals surface area contributed by atoms with Gasteiger partial charge in [-0.05, 0) is 44.0 Å². The standard InChI is InChI=1S/C24H25N3O4/c1-2-27-19-6-4-3-5-17(19)13-20(27)24(29)26-11-9-16(10-12-26)23(28)25-18-7-8-21-22(14-18)31-15-30-21/h3-8,13-14,16H,2,9-12,15H2,1H3,(H,25,28). The predicted molar refractivity (Wildman–Crippen MR) is 117 cm³/mol. The molecule has 0 unspecified atom stereocenters. The van der Waals surface area contributed by atoms with Gasteiger partial charge >= 0.3 is 0 Å². The molecule has 2 aliphatic heterocycles. The Morgan fingerprint density at radius 3 is 2.61 bits per heavy atom. The summed E-state index contributed by atoms with van der Waals surface area (Å²) in [6, 6.07) is 15.4. The number of nitrogens with zero attached hydrogens (tertiary/aromatic N) is 2. The topological polar surface area (TPSA) is 72.8 Å². The lowest BCUT2D eigenvalue weighted by molar-refractivity contribution is -0.121. The quantitative estimate of drug-likeness (QED) is 0.697. The minimum atomic E-state index is -0.119. The number of rotatable bonds is 4. The minimum absolute atomic E-state index is 0.0198. The van der Waals surface area contributed by atoms with Gasteiger partial charge in [-0.1, -0.05) is 18.2 Å². The van der Waals surface area contributed by atoms with Crippen molar-refractivity contribution in [3.05, 3.63) is 54.2 Å². The highest BCUT2D eigenvalue weighted by atomic mass is 16.7. The third-order valence-electron chi connectivity index (χ3n) is 6.14. The van der Waals surface area contributed by atoms with Gasteiger partial charge in [-0.15, -0.1) is 0 Å². The Balaban J connectivity index is 1.23. The second-order valence-electron chi connectivity index (χ2n) is 7.96. The Morgan fingerprint density at radius 1 is 1.03 bits per heavy atom. The Kier molecular flexibility index (Phi) is 5.02. The van der Waals surface area contributed by atoms with E-state index in [-0.39, 0.29) is 24.5 Å². The average molecular weight is 419 g/mol. The third-order valence-corrected chi connectivity index (χ3v) is 6.14. The van der Waals surface area contributed by atoms with Gasteiger partial charge in [-0.2, -0.15) is 0 Å². The monoisotopic (exact) mass is 419 g/mol. The number of amides is 2. The molecule has 1 fully saturated rings. The average Bonchev–Trinajstić information content (AvgIpc) is 3.42. The number of likely N-dealkylation sites (tertiary alicyclic amines) is 1. The van der Waals surface area contributed by atoms with E-state index in [0.29, 0.717) is 48.8 Å². The molecule has 3 aromatic rings. The molecule has 0 spiro atoms. The van der Waals surface area contributed by atoms with Crippen LogP contribution in [0.4, 0.5) is 5.69 Å². The van der Waals surface area contributed by atoms with Gasteiger partial charge in [0.1, 0.15) is 5.69 Å². The SMILES string of the molecule is CCn1c(C(=O)N2CCC(C(=O)Nc3ccc4c(c3)OCO4)CC2)cc2ccccc21.